The zero-order chi connectivity index (χ0) is 17.8. The van der Waals surface area contributed by atoms with E-state index in [1.165, 1.54) is 21.7 Å². The summed E-state index contributed by atoms with van der Waals surface area (Å²) in [4.78, 5) is 26.1. The van der Waals surface area contributed by atoms with Crippen LogP contribution in [0.2, 0.25) is 0 Å². The van der Waals surface area contributed by atoms with E-state index in [1.807, 2.05) is 30.3 Å². The Morgan fingerprint density at radius 1 is 1.20 bits per heavy atom. The standard InChI is InChI=1S/C18H18N4O3/c1-13-10-15(20-25-13)12-21(2)18(24)16-8-9-17(23)22(19-16)11-14-6-4-3-5-7-14/h3-10H,11-12H2,1-2H3. The minimum Gasteiger partial charge on any atom is -0.361 e. The normalized spacial score (nSPS) is 10.6. The third-order valence-electron chi connectivity index (χ3n) is 3.68. The molecule has 0 radical (unpaired) electrons. The van der Waals surface area contributed by atoms with Gasteiger partial charge in [-0.1, -0.05) is 35.5 Å². The topological polar surface area (TPSA) is 81.2 Å². The summed E-state index contributed by atoms with van der Waals surface area (Å²) >= 11 is 0. The van der Waals surface area contributed by atoms with Gasteiger partial charge in [-0.2, -0.15) is 5.10 Å². The Labute approximate surface area is 144 Å². The van der Waals surface area contributed by atoms with Crippen molar-refractivity contribution in [2.75, 3.05) is 7.05 Å². The van der Waals surface area contributed by atoms with E-state index in [4.69, 9.17) is 4.52 Å². The van der Waals surface area contributed by atoms with Gasteiger partial charge >= 0.3 is 0 Å². The Balaban J connectivity index is 1.78. The third kappa shape index (κ3) is 4.00. The van der Waals surface area contributed by atoms with Crippen molar-refractivity contribution < 1.29 is 9.32 Å². The first kappa shape index (κ1) is 16.6. The maximum absolute atomic E-state index is 12.6. The monoisotopic (exact) mass is 338 g/mol. The predicted octanol–water partition coefficient (Wildman–Crippen LogP) is 1.86. The van der Waals surface area contributed by atoms with Gasteiger partial charge in [-0.15, -0.1) is 0 Å². The summed E-state index contributed by atoms with van der Waals surface area (Å²) in [5.74, 6) is 0.396. The second-order valence-corrected chi connectivity index (χ2v) is 5.79. The fourth-order valence-electron chi connectivity index (χ4n) is 2.44. The van der Waals surface area contributed by atoms with Gasteiger partial charge in [-0.05, 0) is 18.6 Å². The summed E-state index contributed by atoms with van der Waals surface area (Å²) in [6.45, 7) is 2.40. The molecule has 3 rings (SSSR count). The number of nitrogens with zero attached hydrogens (tertiary/aromatic N) is 4. The van der Waals surface area contributed by atoms with Gasteiger partial charge in [0.1, 0.15) is 17.1 Å². The molecular weight excluding hydrogens is 320 g/mol. The van der Waals surface area contributed by atoms with Crippen molar-refractivity contribution in [2.45, 2.75) is 20.0 Å². The van der Waals surface area contributed by atoms with Gasteiger partial charge in [0.05, 0.1) is 13.1 Å². The lowest BCUT2D eigenvalue weighted by atomic mass is 10.2. The molecule has 25 heavy (non-hydrogen) atoms. The lowest BCUT2D eigenvalue weighted by Crippen LogP contribution is -2.31. The summed E-state index contributed by atoms with van der Waals surface area (Å²) in [7, 11) is 1.65. The summed E-state index contributed by atoms with van der Waals surface area (Å²) in [5.41, 5.74) is 1.55. The van der Waals surface area contributed by atoms with Crippen LogP contribution in [0.5, 0.6) is 0 Å². The highest BCUT2D eigenvalue weighted by molar-refractivity contribution is 5.91. The summed E-state index contributed by atoms with van der Waals surface area (Å²) in [6, 6.07) is 14.1. The van der Waals surface area contributed by atoms with Crippen LogP contribution in [-0.4, -0.2) is 32.8 Å². The van der Waals surface area contributed by atoms with Crippen molar-refractivity contribution in [1.29, 1.82) is 0 Å². The number of hydrogen-bond acceptors (Lipinski definition) is 5. The minimum absolute atomic E-state index is 0.207. The molecule has 7 nitrogen and oxygen atoms in total. The molecule has 0 bridgehead atoms. The molecule has 0 unspecified atom stereocenters. The largest absolute Gasteiger partial charge is 0.361 e. The van der Waals surface area contributed by atoms with Crippen LogP contribution in [0, 0.1) is 6.92 Å². The number of hydrogen-bond donors (Lipinski definition) is 0. The fourth-order valence-corrected chi connectivity index (χ4v) is 2.44. The molecule has 1 aromatic carbocycles. The van der Waals surface area contributed by atoms with E-state index in [2.05, 4.69) is 10.3 Å². The molecule has 0 fully saturated rings. The maximum Gasteiger partial charge on any atom is 0.274 e. The molecule has 1 amide bonds. The van der Waals surface area contributed by atoms with Crippen LogP contribution in [0.4, 0.5) is 0 Å². The predicted molar refractivity (Wildman–Crippen MR) is 91.1 cm³/mol. The van der Waals surface area contributed by atoms with Crippen molar-refractivity contribution >= 4 is 5.91 Å². The number of carbonyl (C=O) groups excluding carboxylic acids is 1. The van der Waals surface area contributed by atoms with Crippen LogP contribution >= 0.6 is 0 Å². The first-order chi connectivity index (χ1) is 12.0. The second-order valence-electron chi connectivity index (χ2n) is 5.79. The number of benzene rings is 1. The van der Waals surface area contributed by atoms with Gasteiger partial charge in [0.2, 0.25) is 0 Å². The van der Waals surface area contributed by atoms with Gasteiger partial charge < -0.3 is 9.42 Å². The Morgan fingerprint density at radius 2 is 1.96 bits per heavy atom. The Morgan fingerprint density at radius 3 is 2.64 bits per heavy atom. The first-order valence-electron chi connectivity index (χ1n) is 7.82. The Kier molecular flexibility index (Phi) is 4.74. The van der Waals surface area contributed by atoms with Crippen LogP contribution in [0.15, 0.2) is 57.8 Å². The molecule has 0 aliphatic rings. The van der Waals surface area contributed by atoms with Gasteiger partial charge in [0.15, 0.2) is 0 Å². The maximum atomic E-state index is 12.6. The smallest absolute Gasteiger partial charge is 0.274 e. The molecule has 0 N–H and O–H groups in total. The van der Waals surface area contributed by atoms with Crippen LogP contribution < -0.4 is 5.56 Å². The fraction of sp³-hybridized carbons (Fsp3) is 0.222. The van der Waals surface area contributed by atoms with E-state index in [9.17, 15) is 9.59 Å². The van der Waals surface area contributed by atoms with Crippen LogP contribution in [-0.2, 0) is 13.1 Å². The highest BCUT2D eigenvalue weighted by Crippen LogP contribution is 2.07. The van der Waals surface area contributed by atoms with Gasteiger partial charge in [0.25, 0.3) is 11.5 Å². The highest BCUT2D eigenvalue weighted by Gasteiger charge is 2.16. The van der Waals surface area contributed by atoms with Crippen molar-refractivity contribution in [3.8, 4) is 0 Å². The van der Waals surface area contributed by atoms with Crippen LogP contribution in [0.25, 0.3) is 0 Å². The molecule has 2 aromatic heterocycles. The number of carbonyl (C=O) groups is 1. The van der Waals surface area contributed by atoms with Crippen molar-refractivity contribution in [2.24, 2.45) is 0 Å². The number of rotatable bonds is 5. The highest BCUT2D eigenvalue weighted by atomic mass is 16.5. The number of amides is 1. The van der Waals surface area contributed by atoms with Crippen molar-refractivity contribution in [1.82, 2.24) is 19.8 Å². The van der Waals surface area contributed by atoms with E-state index < -0.39 is 0 Å². The van der Waals surface area contributed by atoms with E-state index in [0.29, 0.717) is 24.5 Å². The average molecular weight is 338 g/mol. The molecule has 0 atom stereocenters. The Bertz CT molecular complexity index is 931. The van der Waals surface area contributed by atoms with Crippen LogP contribution in [0.3, 0.4) is 0 Å². The summed E-state index contributed by atoms with van der Waals surface area (Å²) in [6.07, 6.45) is 0. The molecule has 0 spiro atoms. The zero-order valence-electron chi connectivity index (χ0n) is 14.0. The Hall–Kier alpha value is -3.22. The lowest BCUT2D eigenvalue weighted by Gasteiger charge is -2.15. The minimum atomic E-state index is -0.289. The summed E-state index contributed by atoms with van der Waals surface area (Å²) < 4.78 is 6.29. The zero-order valence-corrected chi connectivity index (χ0v) is 14.0. The van der Waals surface area contributed by atoms with Crippen molar-refractivity contribution in [3.05, 3.63) is 81.6 Å². The number of aryl methyl sites for hydroxylation is 1. The van der Waals surface area contributed by atoms with Gasteiger partial charge in [0, 0.05) is 19.2 Å². The molecule has 0 aliphatic carbocycles. The molecule has 128 valence electrons. The second kappa shape index (κ2) is 7.12. The van der Waals surface area contributed by atoms with Gasteiger partial charge in [-0.25, -0.2) is 4.68 Å². The van der Waals surface area contributed by atoms with E-state index in [1.54, 1.807) is 20.0 Å². The molecule has 3 aromatic rings. The summed E-state index contributed by atoms with van der Waals surface area (Å²) in [5, 5.41) is 8.08. The quantitative estimate of drug-likeness (QED) is 0.709. The van der Waals surface area contributed by atoms with E-state index in [-0.39, 0.29) is 17.2 Å². The van der Waals surface area contributed by atoms with E-state index in [0.717, 1.165) is 5.56 Å². The van der Waals surface area contributed by atoms with Crippen LogP contribution in [0.1, 0.15) is 27.5 Å². The third-order valence-corrected chi connectivity index (χ3v) is 3.68. The molecule has 7 heteroatoms. The molecule has 0 saturated carbocycles. The lowest BCUT2D eigenvalue weighted by molar-refractivity contribution is 0.0773. The molecular formula is C18H18N4O3. The molecule has 2 heterocycles. The van der Waals surface area contributed by atoms with Gasteiger partial charge in [-0.3, -0.25) is 9.59 Å². The first-order valence-corrected chi connectivity index (χ1v) is 7.82. The average Bonchev–Trinajstić information content (AvgIpc) is 3.02. The molecule has 0 saturated heterocycles. The van der Waals surface area contributed by atoms with Crippen molar-refractivity contribution in [3.63, 3.8) is 0 Å². The SMILES string of the molecule is Cc1cc(CN(C)C(=O)c2ccc(=O)n(Cc3ccccc3)n2)no1. The van der Waals surface area contributed by atoms with E-state index >= 15 is 0 Å². The molecule has 0 aliphatic heterocycles. The number of aromatic nitrogens is 3.